The largest absolute Gasteiger partial charge is 0.466 e. The fourth-order valence-electron chi connectivity index (χ4n) is 2.98. The van der Waals surface area contributed by atoms with E-state index in [4.69, 9.17) is 16.3 Å². The molecule has 2 heterocycles. The van der Waals surface area contributed by atoms with E-state index < -0.39 is 0 Å². The maximum atomic E-state index is 11.8. The molecule has 128 valence electrons. The first kappa shape index (κ1) is 16.9. The number of ether oxygens (including phenoxy) is 1. The van der Waals surface area contributed by atoms with Crippen LogP contribution in [0, 0.1) is 5.92 Å². The Morgan fingerprint density at radius 3 is 2.79 bits per heavy atom. The standard InChI is InChI=1S/C17H21ClN4O2/c1-2-24-17(23)13-7-9-21(10-8-13)12-22-16(19-11-20-22)14-5-3-4-6-15(14)18/h3-6,11,13H,2,7-10,12H2,1H3. The van der Waals surface area contributed by atoms with E-state index in [0.717, 1.165) is 37.3 Å². The van der Waals surface area contributed by atoms with Crippen LogP contribution in [0.15, 0.2) is 30.6 Å². The maximum Gasteiger partial charge on any atom is 0.309 e. The summed E-state index contributed by atoms with van der Waals surface area (Å²) in [4.78, 5) is 18.4. The number of carbonyl (C=O) groups excluding carboxylic acids is 1. The molecule has 0 bridgehead atoms. The zero-order chi connectivity index (χ0) is 16.9. The highest BCUT2D eigenvalue weighted by Crippen LogP contribution is 2.26. The first-order valence-electron chi connectivity index (χ1n) is 8.20. The molecule has 0 spiro atoms. The van der Waals surface area contributed by atoms with E-state index >= 15 is 0 Å². The van der Waals surface area contributed by atoms with Gasteiger partial charge in [-0.05, 0) is 31.9 Å². The molecule has 7 heteroatoms. The van der Waals surface area contributed by atoms with Gasteiger partial charge in [0.2, 0.25) is 0 Å². The maximum absolute atomic E-state index is 11.8. The molecule has 2 aromatic rings. The van der Waals surface area contributed by atoms with Crippen LogP contribution in [-0.2, 0) is 16.2 Å². The van der Waals surface area contributed by atoms with E-state index in [9.17, 15) is 4.79 Å². The third kappa shape index (κ3) is 3.76. The van der Waals surface area contributed by atoms with Gasteiger partial charge in [0, 0.05) is 18.7 Å². The SMILES string of the molecule is CCOC(=O)C1CCN(Cn2ncnc2-c2ccccc2Cl)CC1. The summed E-state index contributed by atoms with van der Waals surface area (Å²) in [5.41, 5.74) is 0.873. The van der Waals surface area contributed by atoms with Crippen molar-refractivity contribution in [1.29, 1.82) is 0 Å². The van der Waals surface area contributed by atoms with Crippen molar-refractivity contribution >= 4 is 17.6 Å². The number of hydrogen-bond acceptors (Lipinski definition) is 5. The Balaban J connectivity index is 1.64. The van der Waals surface area contributed by atoms with Gasteiger partial charge in [0.1, 0.15) is 6.33 Å². The molecule has 0 amide bonds. The molecule has 0 unspecified atom stereocenters. The summed E-state index contributed by atoms with van der Waals surface area (Å²) in [6.45, 7) is 4.60. The van der Waals surface area contributed by atoms with E-state index in [2.05, 4.69) is 15.0 Å². The van der Waals surface area contributed by atoms with Gasteiger partial charge in [-0.25, -0.2) is 9.67 Å². The molecule has 1 aliphatic heterocycles. The van der Waals surface area contributed by atoms with Gasteiger partial charge in [-0.3, -0.25) is 9.69 Å². The molecule has 0 aliphatic carbocycles. The monoisotopic (exact) mass is 348 g/mol. The van der Waals surface area contributed by atoms with Crippen molar-refractivity contribution in [2.24, 2.45) is 5.92 Å². The van der Waals surface area contributed by atoms with Gasteiger partial charge in [0.15, 0.2) is 5.82 Å². The highest BCUT2D eigenvalue weighted by Gasteiger charge is 2.26. The lowest BCUT2D eigenvalue weighted by Gasteiger charge is -2.30. The number of carbonyl (C=O) groups is 1. The average Bonchev–Trinajstić information content (AvgIpc) is 3.04. The number of likely N-dealkylation sites (tertiary alicyclic amines) is 1. The molecular weight excluding hydrogens is 328 g/mol. The van der Waals surface area contributed by atoms with Crippen molar-refractivity contribution in [2.45, 2.75) is 26.4 Å². The summed E-state index contributed by atoms with van der Waals surface area (Å²) in [5.74, 6) is 0.697. The zero-order valence-corrected chi connectivity index (χ0v) is 14.4. The molecule has 1 aliphatic rings. The molecule has 0 radical (unpaired) electrons. The van der Waals surface area contributed by atoms with Crippen LogP contribution in [0.4, 0.5) is 0 Å². The smallest absolute Gasteiger partial charge is 0.309 e. The second-order valence-electron chi connectivity index (χ2n) is 5.85. The first-order valence-corrected chi connectivity index (χ1v) is 8.58. The van der Waals surface area contributed by atoms with E-state index in [0.29, 0.717) is 18.3 Å². The van der Waals surface area contributed by atoms with Gasteiger partial charge < -0.3 is 4.74 Å². The van der Waals surface area contributed by atoms with Crippen molar-refractivity contribution in [1.82, 2.24) is 19.7 Å². The van der Waals surface area contributed by atoms with Crippen LogP contribution in [-0.4, -0.2) is 45.3 Å². The lowest BCUT2D eigenvalue weighted by molar-refractivity contribution is -0.149. The Bertz CT molecular complexity index is 695. The Kier molecular flexibility index (Phi) is 5.48. The number of esters is 1. The zero-order valence-electron chi connectivity index (χ0n) is 13.7. The second kappa shape index (κ2) is 7.77. The number of nitrogens with zero attached hydrogens (tertiary/aromatic N) is 4. The Morgan fingerprint density at radius 2 is 2.08 bits per heavy atom. The summed E-state index contributed by atoms with van der Waals surface area (Å²) in [5, 5.41) is 4.98. The van der Waals surface area contributed by atoms with Gasteiger partial charge in [0.05, 0.1) is 24.2 Å². The number of aromatic nitrogens is 3. The number of piperidine rings is 1. The first-order chi connectivity index (χ1) is 11.7. The van der Waals surface area contributed by atoms with E-state index in [-0.39, 0.29) is 11.9 Å². The van der Waals surface area contributed by atoms with Crippen molar-refractivity contribution in [2.75, 3.05) is 19.7 Å². The average molecular weight is 349 g/mol. The Labute approximate surface area is 146 Å². The molecule has 6 nitrogen and oxygen atoms in total. The molecule has 1 fully saturated rings. The lowest BCUT2D eigenvalue weighted by Crippen LogP contribution is -2.38. The summed E-state index contributed by atoms with van der Waals surface area (Å²) >= 11 is 6.27. The molecule has 3 rings (SSSR count). The normalized spacial score (nSPS) is 16.2. The molecule has 24 heavy (non-hydrogen) atoms. The van der Waals surface area contributed by atoms with Crippen LogP contribution in [0.5, 0.6) is 0 Å². The van der Waals surface area contributed by atoms with Gasteiger partial charge in [-0.15, -0.1) is 0 Å². The van der Waals surface area contributed by atoms with Crippen molar-refractivity contribution in [3.63, 3.8) is 0 Å². The summed E-state index contributed by atoms with van der Waals surface area (Å²) in [6.07, 6.45) is 3.17. The summed E-state index contributed by atoms with van der Waals surface area (Å²) in [6, 6.07) is 7.62. The van der Waals surface area contributed by atoms with Crippen molar-refractivity contribution < 1.29 is 9.53 Å². The highest BCUT2D eigenvalue weighted by molar-refractivity contribution is 6.33. The predicted octanol–water partition coefficient (Wildman–Crippen LogP) is 2.83. The number of benzene rings is 1. The van der Waals surface area contributed by atoms with Gasteiger partial charge in [0.25, 0.3) is 0 Å². The molecule has 0 saturated carbocycles. The quantitative estimate of drug-likeness (QED) is 0.777. The van der Waals surface area contributed by atoms with E-state index in [1.807, 2.05) is 35.9 Å². The molecule has 0 atom stereocenters. The number of hydrogen-bond donors (Lipinski definition) is 0. The molecular formula is C17H21ClN4O2. The van der Waals surface area contributed by atoms with Gasteiger partial charge >= 0.3 is 5.97 Å². The topological polar surface area (TPSA) is 60.2 Å². The number of rotatable bonds is 5. The molecule has 0 N–H and O–H groups in total. The highest BCUT2D eigenvalue weighted by atomic mass is 35.5. The third-order valence-electron chi connectivity index (χ3n) is 4.27. The number of halogens is 1. The third-order valence-corrected chi connectivity index (χ3v) is 4.60. The second-order valence-corrected chi connectivity index (χ2v) is 6.26. The van der Waals surface area contributed by atoms with Crippen LogP contribution in [0.1, 0.15) is 19.8 Å². The van der Waals surface area contributed by atoms with Gasteiger partial charge in [-0.1, -0.05) is 23.7 Å². The Morgan fingerprint density at radius 1 is 1.33 bits per heavy atom. The minimum absolute atomic E-state index is 0.0139. The lowest BCUT2D eigenvalue weighted by atomic mass is 9.97. The Hall–Kier alpha value is -1.92. The van der Waals surface area contributed by atoms with Crippen LogP contribution < -0.4 is 0 Å². The predicted molar refractivity (Wildman–Crippen MR) is 91.4 cm³/mol. The van der Waals surface area contributed by atoms with Crippen LogP contribution in [0.25, 0.3) is 11.4 Å². The molecule has 1 saturated heterocycles. The van der Waals surface area contributed by atoms with E-state index in [1.165, 1.54) is 0 Å². The fraction of sp³-hybridized carbons (Fsp3) is 0.471. The van der Waals surface area contributed by atoms with Crippen molar-refractivity contribution in [3.8, 4) is 11.4 Å². The minimum atomic E-state index is -0.0744. The molecule has 1 aromatic carbocycles. The van der Waals surface area contributed by atoms with Crippen molar-refractivity contribution in [3.05, 3.63) is 35.6 Å². The minimum Gasteiger partial charge on any atom is -0.466 e. The molecule has 1 aromatic heterocycles. The summed E-state index contributed by atoms with van der Waals surface area (Å²) in [7, 11) is 0. The van der Waals surface area contributed by atoms with Gasteiger partial charge in [-0.2, -0.15) is 5.10 Å². The van der Waals surface area contributed by atoms with E-state index in [1.54, 1.807) is 6.33 Å². The van der Waals surface area contributed by atoms with Crippen LogP contribution >= 0.6 is 11.6 Å². The fourth-order valence-corrected chi connectivity index (χ4v) is 3.20. The summed E-state index contributed by atoms with van der Waals surface area (Å²) < 4.78 is 6.97. The van der Waals surface area contributed by atoms with Crippen LogP contribution in [0.3, 0.4) is 0 Å². The van der Waals surface area contributed by atoms with Crippen LogP contribution in [0.2, 0.25) is 5.02 Å².